The van der Waals surface area contributed by atoms with Crippen LogP contribution in [0.3, 0.4) is 0 Å². The molecule has 4 N–H and O–H groups in total. The smallest absolute Gasteiger partial charge is 0.279 e. The minimum atomic E-state index is -3.69. The Labute approximate surface area is 112 Å². The molecule has 2 rings (SSSR count). The first kappa shape index (κ1) is 13.4. The van der Waals surface area contributed by atoms with Gasteiger partial charge in [0.1, 0.15) is 5.82 Å². The van der Waals surface area contributed by atoms with Crippen LogP contribution in [0.5, 0.6) is 0 Å². The lowest BCUT2D eigenvalue weighted by Gasteiger charge is -2.11. The van der Waals surface area contributed by atoms with E-state index in [2.05, 4.69) is 14.7 Å². The van der Waals surface area contributed by atoms with Crippen LogP contribution in [0.25, 0.3) is 0 Å². The first-order valence-corrected chi connectivity index (χ1v) is 7.19. The maximum Gasteiger partial charge on any atom is 0.279 e. The van der Waals surface area contributed by atoms with Crippen LogP contribution in [-0.4, -0.2) is 18.4 Å². The van der Waals surface area contributed by atoms with E-state index < -0.39 is 10.0 Å². The summed E-state index contributed by atoms with van der Waals surface area (Å²) in [4.78, 5) is 6.55. The number of aromatic amines is 1. The summed E-state index contributed by atoms with van der Waals surface area (Å²) in [6.45, 7) is 5.50. The second kappa shape index (κ2) is 4.58. The van der Waals surface area contributed by atoms with Crippen molar-refractivity contribution in [1.82, 2.24) is 9.97 Å². The molecule has 1 aromatic carbocycles. The molecule has 19 heavy (non-hydrogen) atoms. The van der Waals surface area contributed by atoms with Crippen molar-refractivity contribution in [3.05, 3.63) is 35.3 Å². The van der Waals surface area contributed by atoms with E-state index in [1.165, 1.54) is 6.20 Å². The van der Waals surface area contributed by atoms with Crippen molar-refractivity contribution in [3.8, 4) is 0 Å². The molecule has 2 aromatic rings. The van der Waals surface area contributed by atoms with Gasteiger partial charge < -0.3 is 10.7 Å². The molecule has 0 aliphatic heterocycles. The number of nitrogen functional groups attached to an aromatic ring is 1. The van der Waals surface area contributed by atoms with Crippen LogP contribution in [-0.2, 0) is 10.0 Å². The maximum atomic E-state index is 12.1. The highest BCUT2D eigenvalue weighted by Gasteiger charge is 2.18. The van der Waals surface area contributed by atoms with E-state index >= 15 is 0 Å². The lowest BCUT2D eigenvalue weighted by atomic mass is 10.1. The Morgan fingerprint density at radius 1 is 1.21 bits per heavy atom. The van der Waals surface area contributed by atoms with Crippen molar-refractivity contribution in [1.29, 1.82) is 0 Å². The summed E-state index contributed by atoms with van der Waals surface area (Å²) in [7, 11) is -3.69. The van der Waals surface area contributed by atoms with Gasteiger partial charge in [0, 0.05) is 0 Å². The topological polar surface area (TPSA) is 101 Å². The first-order chi connectivity index (χ1) is 8.79. The van der Waals surface area contributed by atoms with Gasteiger partial charge in [-0.05, 0) is 44.0 Å². The molecule has 0 bridgehead atoms. The molecular formula is C12H16N4O2S. The molecule has 0 unspecified atom stereocenters. The minimum Gasteiger partial charge on any atom is -0.397 e. The molecule has 0 aliphatic carbocycles. The van der Waals surface area contributed by atoms with E-state index in [9.17, 15) is 8.42 Å². The number of H-pyrrole nitrogens is 1. The normalized spacial score (nSPS) is 11.5. The molecule has 0 saturated heterocycles. The fourth-order valence-corrected chi connectivity index (χ4v) is 2.71. The molecule has 0 atom stereocenters. The first-order valence-electron chi connectivity index (χ1n) is 5.71. The van der Waals surface area contributed by atoms with Crippen molar-refractivity contribution in [2.75, 3.05) is 10.5 Å². The standard InChI is InChI=1S/C12H16N4O2S/c1-7-4-10(13)11(5-8(7)2)16-19(17,18)12-6-14-9(3)15-12/h4-6,16H,13H2,1-3H3,(H,14,15). The van der Waals surface area contributed by atoms with Crippen LogP contribution in [0.2, 0.25) is 0 Å². The Bertz CT molecular complexity index is 719. The van der Waals surface area contributed by atoms with E-state index in [-0.39, 0.29) is 5.03 Å². The number of sulfonamides is 1. The molecule has 1 aromatic heterocycles. The van der Waals surface area contributed by atoms with Crippen LogP contribution >= 0.6 is 0 Å². The number of benzene rings is 1. The van der Waals surface area contributed by atoms with Crippen LogP contribution in [0, 0.1) is 20.8 Å². The van der Waals surface area contributed by atoms with Gasteiger partial charge in [-0.1, -0.05) is 0 Å². The number of hydrogen-bond acceptors (Lipinski definition) is 4. The Balaban J connectivity index is 2.38. The largest absolute Gasteiger partial charge is 0.397 e. The average molecular weight is 280 g/mol. The van der Waals surface area contributed by atoms with Crippen molar-refractivity contribution < 1.29 is 8.42 Å². The van der Waals surface area contributed by atoms with E-state index in [0.717, 1.165) is 11.1 Å². The fraction of sp³-hybridized carbons (Fsp3) is 0.250. The number of hydrogen-bond donors (Lipinski definition) is 3. The Kier molecular flexibility index (Phi) is 3.23. The minimum absolute atomic E-state index is 0.0163. The lowest BCUT2D eigenvalue weighted by molar-refractivity contribution is 0.598. The third-order valence-electron chi connectivity index (χ3n) is 2.88. The summed E-state index contributed by atoms with van der Waals surface area (Å²) in [5.41, 5.74) is 8.57. The van der Waals surface area contributed by atoms with Gasteiger partial charge in [-0.15, -0.1) is 0 Å². The maximum absolute atomic E-state index is 12.1. The molecular weight excluding hydrogens is 264 g/mol. The van der Waals surface area contributed by atoms with Crippen molar-refractivity contribution >= 4 is 21.4 Å². The Morgan fingerprint density at radius 3 is 2.42 bits per heavy atom. The second-order valence-corrected chi connectivity index (χ2v) is 6.11. The van der Waals surface area contributed by atoms with Gasteiger partial charge in [-0.3, -0.25) is 4.72 Å². The predicted molar refractivity (Wildman–Crippen MR) is 74.5 cm³/mol. The zero-order chi connectivity index (χ0) is 14.2. The molecule has 0 radical (unpaired) electrons. The fourth-order valence-electron chi connectivity index (χ4n) is 1.66. The van der Waals surface area contributed by atoms with E-state index in [4.69, 9.17) is 5.73 Å². The molecule has 7 heteroatoms. The number of rotatable bonds is 3. The molecule has 1 heterocycles. The van der Waals surface area contributed by atoms with E-state index in [1.807, 2.05) is 13.8 Å². The van der Waals surface area contributed by atoms with E-state index in [1.54, 1.807) is 19.1 Å². The highest BCUT2D eigenvalue weighted by molar-refractivity contribution is 7.92. The summed E-state index contributed by atoms with van der Waals surface area (Å²) in [5, 5.41) is 0.0163. The summed E-state index contributed by atoms with van der Waals surface area (Å²) >= 11 is 0. The summed E-state index contributed by atoms with van der Waals surface area (Å²) in [5.74, 6) is 0.536. The van der Waals surface area contributed by atoms with Crippen molar-refractivity contribution in [2.24, 2.45) is 0 Å². The van der Waals surface area contributed by atoms with Crippen LogP contribution in [0.4, 0.5) is 11.4 Å². The van der Waals surface area contributed by atoms with Crippen molar-refractivity contribution in [3.63, 3.8) is 0 Å². The van der Waals surface area contributed by atoms with Gasteiger partial charge in [0.05, 0.1) is 17.6 Å². The third kappa shape index (κ3) is 2.70. The quantitative estimate of drug-likeness (QED) is 0.745. The second-order valence-electron chi connectivity index (χ2n) is 4.46. The van der Waals surface area contributed by atoms with E-state index in [0.29, 0.717) is 17.2 Å². The third-order valence-corrected chi connectivity index (χ3v) is 4.15. The number of imidazole rings is 1. The molecule has 102 valence electrons. The van der Waals surface area contributed by atoms with Crippen LogP contribution in [0.1, 0.15) is 17.0 Å². The summed E-state index contributed by atoms with van der Waals surface area (Å²) in [6.07, 6.45) is 1.27. The van der Waals surface area contributed by atoms with Crippen molar-refractivity contribution in [2.45, 2.75) is 25.8 Å². The number of anilines is 2. The number of nitrogens with one attached hydrogen (secondary N) is 2. The SMILES string of the molecule is Cc1ncc(S(=O)(=O)Nc2cc(C)c(C)cc2N)[nH]1. The Morgan fingerprint density at radius 2 is 1.84 bits per heavy atom. The molecule has 0 aliphatic rings. The zero-order valence-electron chi connectivity index (χ0n) is 11.0. The number of aryl methyl sites for hydroxylation is 3. The number of aromatic nitrogens is 2. The molecule has 0 saturated carbocycles. The predicted octanol–water partition coefficient (Wildman–Crippen LogP) is 1.72. The average Bonchev–Trinajstić information content (AvgIpc) is 2.73. The van der Waals surface area contributed by atoms with Gasteiger partial charge in [0.15, 0.2) is 5.03 Å². The molecule has 0 fully saturated rings. The van der Waals surface area contributed by atoms with Gasteiger partial charge in [-0.25, -0.2) is 4.98 Å². The molecule has 0 spiro atoms. The van der Waals surface area contributed by atoms with Crippen LogP contribution in [0.15, 0.2) is 23.4 Å². The highest BCUT2D eigenvalue weighted by Crippen LogP contribution is 2.25. The van der Waals surface area contributed by atoms with Gasteiger partial charge in [-0.2, -0.15) is 8.42 Å². The number of nitrogens with two attached hydrogens (primary N) is 1. The van der Waals surface area contributed by atoms with Gasteiger partial charge in [0.2, 0.25) is 0 Å². The zero-order valence-corrected chi connectivity index (χ0v) is 11.8. The monoisotopic (exact) mass is 280 g/mol. The lowest BCUT2D eigenvalue weighted by Crippen LogP contribution is -2.15. The highest BCUT2D eigenvalue weighted by atomic mass is 32.2. The van der Waals surface area contributed by atoms with Gasteiger partial charge >= 0.3 is 0 Å². The summed E-state index contributed by atoms with van der Waals surface area (Å²) < 4.78 is 26.7. The van der Waals surface area contributed by atoms with Gasteiger partial charge in [0.25, 0.3) is 10.0 Å². The summed E-state index contributed by atoms with van der Waals surface area (Å²) in [6, 6.07) is 3.46. The molecule has 0 amide bonds. The number of nitrogens with zero attached hydrogens (tertiary/aromatic N) is 1. The van der Waals surface area contributed by atoms with Crippen LogP contribution < -0.4 is 10.5 Å². The Hall–Kier alpha value is -2.02. The molecule has 6 nitrogen and oxygen atoms in total.